The highest BCUT2D eigenvalue weighted by Crippen LogP contribution is 2.18. The fourth-order valence-electron chi connectivity index (χ4n) is 3.03. The fourth-order valence-corrected chi connectivity index (χ4v) is 3.03. The van der Waals surface area contributed by atoms with E-state index >= 15 is 0 Å². The number of nitrogens with zero attached hydrogens (tertiary/aromatic N) is 4. The Morgan fingerprint density at radius 3 is 2.54 bits per heavy atom. The molecule has 1 atom stereocenters. The Hall–Kier alpha value is -2.70. The summed E-state index contributed by atoms with van der Waals surface area (Å²) < 4.78 is 1.95. The van der Waals surface area contributed by atoms with Gasteiger partial charge in [0, 0.05) is 20.5 Å². The summed E-state index contributed by atoms with van der Waals surface area (Å²) in [5.41, 5.74) is 1.20. The summed E-state index contributed by atoms with van der Waals surface area (Å²) in [5.74, 6) is 0.904. The smallest absolute Gasteiger partial charge is 0.275 e. The van der Waals surface area contributed by atoms with Gasteiger partial charge in [0.2, 0.25) is 11.9 Å². The molecule has 0 spiro atoms. The Morgan fingerprint density at radius 2 is 1.88 bits per heavy atom. The van der Waals surface area contributed by atoms with Crippen molar-refractivity contribution in [2.45, 2.75) is 19.4 Å². The molecule has 3 rings (SSSR count). The third-order valence-corrected chi connectivity index (χ3v) is 4.35. The van der Waals surface area contributed by atoms with Crippen LogP contribution in [0.5, 0.6) is 0 Å². The molecule has 24 heavy (non-hydrogen) atoms. The van der Waals surface area contributed by atoms with E-state index in [0.717, 1.165) is 11.3 Å². The lowest BCUT2D eigenvalue weighted by molar-refractivity contribution is -0.536. The number of fused-ring (bicyclic) bond motifs is 1. The molecule has 0 bridgehead atoms. The van der Waals surface area contributed by atoms with Gasteiger partial charge in [0.05, 0.1) is 13.1 Å². The minimum absolute atomic E-state index is 0.238. The van der Waals surface area contributed by atoms with Crippen molar-refractivity contribution in [1.29, 1.82) is 0 Å². The first-order chi connectivity index (χ1) is 11.5. The van der Waals surface area contributed by atoms with Crippen LogP contribution in [-0.2, 0) is 11.2 Å². The lowest BCUT2D eigenvalue weighted by Gasteiger charge is -2.31. The first-order valence-electron chi connectivity index (χ1n) is 8.09. The summed E-state index contributed by atoms with van der Waals surface area (Å²) in [7, 11) is 3.17. The number of carbonyl (C=O) groups is 2. The Morgan fingerprint density at radius 1 is 1.17 bits per heavy atom. The van der Waals surface area contributed by atoms with Gasteiger partial charge in [-0.1, -0.05) is 35.3 Å². The van der Waals surface area contributed by atoms with Crippen LogP contribution in [0.4, 0.5) is 4.79 Å². The molecule has 0 saturated carbocycles. The number of guanidine groups is 1. The van der Waals surface area contributed by atoms with Gasteiger partial charge in [-0.3, -0.25) is 19.9 Å². The van der Waals surface area contributed by atoms with Crippen LogP contribution in [0, 0.1) is 0 Å². The second kappa shape index (κ2) is 6.43. The third-order valence-electron chi connectivity index (χ3n) is 4.35. The van der Waals surface area contributed by atoms with E-state index < -0.39 is 6.04 Å². The number of carbonyl (C=O) groups excluding carboxylic acids is 2. The number of aliphatic imine (C=N–C) groups is 1. The molecular weight excluding hydrogens is 306 g/mol. The van der Waals surface area contributed by atoms with Crippen molar-refractivity contribution in [3.05, 3.63) is 35.9 Å². The number of imide groups is 1. The van der Waals surface area contributed by atoms with Crippen LogP contribution in [0.2, 0.25) is 0 Å². The highest BCUT2D eigenvalue weighted by atomic mass is 16.2. The number of amidine groups is 1. The zero-order valence-electron chi connectivity index (χ0n) is 14.2. The normalized spacial score (nSPS) is 20.5. The van der Waals surface area contributed by atoms with E-state index in [-0.39, 0.29) is 11.9 Å². The molecule has 1 fully saturated rings. The number of likely N-dealkylation sites (N-methyl/N-ethyl adjacent to an activating group) is 2. The van der Waals surface area contributed by atoms with Gasteiger partial charge in [0.15, 0.2) is 0 Å². The van der Waals surface area contributed by atoms with Crippen LogP contribution in [0.15, 0.2) is 35.3 Å². The number of urea groups is 1. The van der Waals surface area contributed by atoms with Gasteiger partial charge in [0.1, 0.15) is 0 Å². The molecule has 0 aliphatic carbocycles. The first-order valence-corrected chi connectivity index (χ1v) is 8.09. The van der Waals surface area contributed by atoms with Crippen LogP contribution in [0.25, 0.3) is 0 Å². The Labute approximate surface area is 141 Å². The Balaban J connectivity index is 1.89. The summed E-state index contributed by atoms with van der Waals surface area (Å²) in [6, 6.07) is 9.22. The van der Waals surface area contributed by atoms with E-state index in [0.29, 0.717) is 24.9 Å². The van der Waals surface area contributed by atoms with Gasteiger partial charge < -0.3 is 0 Å². The molecule has 0 aromatic heterocycles. The Kier molecular flexibility index (Phi) is 4.33. The molecule has 0 radical (unpaired) electrons. The maximum Gasteiger partial charge on any atom is 0.390 e. The van der Waals surface area contributed by atoms with Crippen molar-refractivity contribution in [3.8, 4) is 0 Å². The number of rotatable bonds is 4. The molecule has 1 N–H and O–H groups in total. The predicted octanol–water partition coefficient (Wildman–Crippen LogP) is 0.512. The van der Waals surface area contributed by atoms with E-state index in [4.69, 9.17) is 0 Å². The molecule has 7 nitrogen and oxygen atoms in total. The van der Waals surface area contributed by atoms with Crippen molar-refractivity contribution in [3.63, 3.8) is 0 Å². The van der Waals surface area contributed by atoms with Gasteiger partial charge in [-0.15, -0.1) is 0 Å². The van der Waals surface area contributed by atoms with Crippen LogP contribution >= 0.6 is 0 Å². The fraction of sp³-hybridized carbons (Fsp3) is 0.412. The quantitative estimate of drug-likeness (QED) is 0.819. The van der Waals surface area contributed by atoms with Crippen LogP contribution in [0.3, 0.4) is 0 Å². The molecule has 3 amide bonds. The average molecular weight is 328 g/mol. The first kappa shape index (κ1) is 16.2. The third kappa shape index (κ3) is 2.66. The standard InChI is InChI=1S/C17H21N5O2/c1-4-18-16-19-14-13(15(23)21(3)17(24)20(14)2)22(16)11-10-12-8-6-5-7-9-12/h5-9,13H,4,10-11H2,1-3H3/p+1. The van der Waals surface area contributed by atoms with Gasteiger partial charge >= 0.3 is 12.0 Å². The summed E-state index contributed by atoms with van der Waals surface area (Å²) in [4.78, 5) is 31.9. The van der Waals surface area contributed by atoms with Crippen molar-refractivity contribution < 1.29 is 14.2 Å². The lowest BCUT2D eigenvalue weighted by atomic mass is 10.1. The molecule has 1 aromatic carbocycles. The average Bonchev–Trinajstić information content (AvgIpc) is 2.96. The molecule has 7 heteroatoms. The molecule has 2 aliphatic rings. The van der Waals surface area contributed by atoms with Gasteiger partial charge in [0.25, 0.3) is 5.91 Å². The van der Waals surface area contributed by atoms with Crippen LogP contribution < -0.4 is 5.32 Å². The van der Waals surface area contributed by atoms with Crippen molar-refractivity contribution in [2.24, 2.45) is 4.99 Å². The maximum absolute atomic E-state index is 12.6. The van der Waals surface area contributed by atoms with E-state index in [1.807, 2.05) is 29.7 Å². The van der Waals surface area contributed by atoms with Gasteiger partial charge in [-0.25, -0.2) is 9.37 Å². The summed E-state index contributed by atoms with van der Waals surface area (Å²) in [6.45, 7) is 3.32. The number of benzene rings is 1. The van der Waals surface area contributed by atoms with E-state index in [9.17, 15) is 9.59 Å². The lowest BCUT2D eigenvalue weighted by Crippen LogP contribution is -2.61. The molecule has 1 unspecified atom stereocenters. The number of hydrogen-bond acceptors (Lipinski definition) is 4. The second-order valence-corrected chi connectivity index (χ2v) is 5.89. The van der Waals surface area contributed by atoms with Gasteiger partial charge in [-0.2, -0.15) is 0 Å². The summed E-state index contributed by atoms with van der Waals surface area (Å²) in [6.07, 6.45) is 0.795. The molecule has 126 valence electrons. The van der Waals surface area contributed by atoms with Crippen molar-refractivity contribution in [2.75, 3.05) is 27.2 Å². The minimum Gasteiger partial charge on any atom is -0.275 e. The number of amides is 3. The summed E-state index contributed by atoms with van der Waals surface area (Å²) >= 11 is 0. The predicted molar refractivity (Wildman–Crippen MR) is 91.1 cm³/mol. The topological polar surface area (TPSA) is 68.0 Å². The summed E-state index contributed by atoms with van der Waals surface area (Å²) in [5, 5.41) is 3.20. The molecule has 2 heterocycles. The van der Waals surface area contributed by atoms with E-state index in [2.05, 4.69) is 22.4 Å². The van der Waals surface area contributed by atoms with E-state index in [1.165, 1.54) is 17.5 Å². The largest absolute Gasteiger partial charge is 0.390 e. The van der Waals surface area contributed by atoms with Crippen molar-refractivity contribution in [1.82, 2.24) is 15.1 Å². The SMILES string of the molecule is CCNC1=[N+](CCc2ccccc2)C2C(=O)N(C)C(=O)N(C)C2=N1. The molecular formula is C17H22N5O2+. The Bertz CT molecular complexity index is 726. The molecule has 1 aromatic rings. The highest BCUT2D eigenvalue weighted by molar-refractivity contribution is 6.22. The van der Waals surface area contributed by atoms with E-state index in [1.54, 1.807) is 7.05 Å². The zero-order valence-corrected chi connectivity index (χ0v) is 14.2. The van der Waals surface area contributed by atoms with Crippen LogP contribution in [0.1, 0.15) is 12.5 Å². The molecule has 2 aliphatic heterocycles. The number of hydrogen-bond donors (Lipinski definition) is 1. The zero-order chi connectivity index (χ0) is 17.3. The van der Waals surface area contributed by atoms with Gasteiger partial charge in [-0.05, 0) is 12.5 Å². The molecule has 1 saturated heterocycles. The second-order valence-electron chi connectivity index (χ2n) is 5.89. The highest BCUT2D eigenvalue weighted by Gasteiger charge is 2.51. The number of nitrogens with one attached hydrogen (secondary N) is 1. The monoisotopic (exact) mass is 328 g/mol. The maximum atomic E-state index is 12.6. The minimum atomic E-state index is -0.546. The van der Waals surface area contributed by atoms with Crippen molar-refractivity contribution >= 4 is 23.7 Å². The van der Waals surface area contributed by atoms with Crippen LogP contribution in [-0.4, -0.2) is 71.3 Å².